The molecule has 1 aliphatic carbocycles. The van der Waals surface area contributed by atoms with Gasteiger partial charge in [-0.15, -0.1) is 0 Å². The van der Waals surface area contributed by atoms with Gasteiger partial charge in [0.05, 0.1) is 19.2 Å². The number of ether oxygens (including phenoxy) is 1. The topological polar surface area (TPSA) is 44.1 Å². The zero-order valence-corrected chi connectivity index (χ0v) is 13.7. The lowest BCUT2D eigenvalue weighted by Crippen LogP contribution is -2.12. The maximum Gasteiger partial charge on any atom is 0.313 e. The summed E-state index contributed by atoms with van der Waals surface area (Å²) in [7, 11) is 0. The van der Waals surface area contributed by atoms with Gasteiger partial charge in [-0.25, -0.2) is 0 Å². The third-order valence-corrected chi connectivity index (χ3v) is 4.50. The predicted octanol–water partition coefficient (Wildman–Crippen LogP) is 4.23. The molecule has 1 aromatic heterocycles. The molecule has 0 N–H and O–H groups in total. The van der Waals surface area contributed by atoms with Crippen LogP contribution in [0.2, 0.25) is 0 Å². The second kappa shape index (κ2) is 7.44. The molecule has 1 fully saturated rings. The first-order valence-corrected chi connectivity index (χ1v) is 8.50. The van der Waals surface area contributed by atoms with Crippen LogP contribution in [-0.4, -0.2) is 15.7 Å². The summed E-state index contributed by atoms with van der Waals surface area (Å²) in [6.45, 7) is 2.53. The Morgan fingerprint density at radius 2 is 1.96 bits per heavy atom. The Labute approximate surface area is 137 Å². The monoisotopic (exact) mass is 312 g/mol. The third kappa shape index (κ3) is 4.44. The van der Waals surface area contributed by atoms with Gasteiger partial charge in [-0.2, -0.15) is 5.10 Å². The van der Waals surface area contributed by atoms with Crippen molar-refractivity contribution in [2.24, 2.45) is 0 Å². The van der Waals surface area contributed by atoms with E-state index in [1.54, 1.807) is 10.9 Å². The number of hydrogen-bond acceptors (Lipinski definition) is 3. The Hall–Kier alpha value is -2.10. The second-order valence-electron chi connectivity index (χ2n) is 6.41. The van der Waals surface area contributed by atoms with Crippen LogP contribution in [0.15, 0.2) is 36.7 Å². The van der Waals surface area contributed by atoms with Crippen LogP contribution in [0.3, 0.4) is 0 Å². The number of aromatic nitrogens is 2. The number of hydrogen-bond donors (Lipinski definition) is 0. The van der Waals surface area contributed by atoms with Crippen LogP contribution in [0.4, 0.5) is 0 Å². The summed E-state index contributed by atoms with van der Waals surface area (Å²) >= 11 is 0. The van der Waals surface area contributed by atoms with Gasteiger partial charge in [-0.1, -0.05) is 31.4 Å². The number of carbonyl (C=O) groups excluding carboxylic acids is 1. The highest BCUT2D eigenvalue weighted by molar-refractivity contribution is 5.72. The molecule has 1 aromatic carbocycles. The van der Waals surface area contributed by atoms with Crippen LogP contribution in [0.5, 0.6) is 5.75 Å². The maximum atomic E-state index is 11.9. The van der Waals surface area contributed by atoms with Gasteiger partial charge in [0, 0.05) is 6.20 Å². The average molecular weight is 312 g/mol. The first-order valence-electron chi connectivity index (χ1n) is 8.50. The normalized spacial score (nSPS) is 15.5. The fourth-order valence-corrected chi connectivity index (χ4v) is 3.22. The van der Waals surface area contributed by atoms with E-state index in [0.29, 0.717) is 24.6 Å². The molecule has 0 radical (unpaired) electrons. The van der Waals surface area contributed by atoms with Gasteiger partial charge in [-0.05, 0) is 48.9 Å². The molecular formula is C19H24N2O2. The molecule has 2 aromatic rings. The van der Waals surface area contributed by atoms with Crippen LogP contribution in [0, 0.1) is 6.92 Å². The van der Waals surface area contributed by atoms with E-state index in [9.17, 15) is 4.79 Å². The lowest BCUT2D eigenvalue weighted by Gasteiger charge is -2.22. The van der Waals surface area contributed by atoms with E-state index < -0.39 is 0 Å². The molecule has 0 amide bonds. The van der Waals surface area contributed by atoms with Gasteiger partial charge < -0.3 is 4.74 Å². The Bertz CT molecular complexity index is 640. The summed E-state index contributed by atoms with van der Waals surface area (Å²) in [6.07, 6.45) is 10.6. The number of esters is 1. The first-order chi connectivity index (χ1) is 11.2. The average Bonchev–Trinajstić information content (AvgIpc) is 3.00. The minimum atomic E-state index is -0.219. The van der Waals surface area contributed by atoms with Crippen LogP contribution in [0.25, 0.3) is 0 Å². The van der Waals surface area contributed by atoms with Gasteiger partial charge in [0.1, 0.15) is 5.75 Å². The molecule has 0 aliphatic heterocycles. The summed E-state index contributed by atoms with van der Waals surface area (Å²) in [5.74, 6) is 1.09. The molecule has 0 spiro atoms. The first kappa shape index (κ1) is 15.8. The summed E-state index contributed by atoms with van der Waals surface area (Å²) in [4.78, 5) is 11.9. The van der Waals surface area contributed by atoms with Crippen molar-refractivity contribution in [3.05, 3.63) is 47.8 Å². The van der Waals surface area contributed by atoms with Gasteiger partial charge >= 0.3 is 5.97 Å². The Morgan fingerprint density at radius 3 is 2.61 bits per heavy atom. The summed E-state index contributed by atoms with van der Waals surface area (Å²) in [6, 6.07) is 8.05. The summed E-state index contributed by atoms with van der Waals surface area (Å²) < 4.78 is 7.17. The highest BCUT2D eigenvalue weighted by atomic mass is 16.5. The number of rotatable bonds is 5. The van der Waals surface area contributed by atoms with Gasteiger partial charge in [0.2, 0.25) is 0 Å². The molecule has 1 heterocycles. The Morgan fingerprint density at radius 1 is 1.22 bits per heavy atom. The second-order valence-corrected chi connectivity index (χ2v) is 6.41. The molecule has 1 aliphatic rings. The van der Waals surface area contributed by atoms with Crippen molar-refractivity contribution in [2.45, 2.75) is 57.9 Å². The predicted molar refractivity (Wildman–Crippen MR) is 89.5 cm³/mol. The molecule has 0 bridgehead atoms. The molecule has 1 saturated carbocycles. The summed E-state index contributed by atoms with van der Waals surface area (Å²) in [5, 5.41) is 4.17. The quantitative estimate of drug-likeness (QED) is 0.613. The molecule has 122 valence electrons. The highest BCUT2D eigenvalue weighted by Crippen LogP contribution is 2.33. The molecule has 0 unspecified atom stereocenters. The zero-order valence-electron chi connectivity index (χ0n) is 13.7. The number of aryl methyl sites for hydroxylation is 2. The van der Waals surface area contributed by atoms with Crippen LogP contribution >= 0.6 is 0 Å². The van der Waals surface area contributed by atoms with Crippen molar-refractivity contribution >= 4 is 5.97 Å². The van der Waals surface area contributed by atoms with E-state index in [2.05, 4.69) is 17.2 Å². The van der Waals surface area contributed by atoms with Gasteiger partial charge in [0.15, 0.2) is 0 Å². The van der Waals surface area contributed by atoms with E-state index in [1.165, 1.54) is 37.7 Å². The van der Waals surface area contributed by atoms with E-state index in [0.717, 1.165) is 5.56 Å². The van der Waals surface area contributed by atoms with E-state index in [4.69, 9.17) is 4.74 Å². The fourth-order valence-electron chi connectivity index (χ4n) is 3.22. The van der Waals surface area contributed by atoms with Gasteiger partial charge in [0.25, 0.3) is 0 Å². The number of nitrogens with zero attached hydrogens (tertiary/aromatic N) is 2. The van der Waals surface area contributed by atoms with Crippen molar-refractivity contribution in [1.29, 1.82) is 0 Å². The van der Waals surface area contributed by atoms with Gasteiger partial charge in [-0.3, -0.25) is 9.48 Å². The van der Waals surface area contributed by atoms with Crippen molar-refractivity contribution in [2.75, 3.05) is 0 Å². The standard InChI is InChI=1S/C19H24N2O2/c1-15-13-20-21(14-15)12-11-19(22)23-18-9-7-17(8-10-18)16-5-3-2-4-6-16/h7-10,13-14,16H,2-6,11-12H2,1H3. The summed E-state index contributed by atoms with van der Waals surface area (Å²) in [5.41, 5.74) is 2.47. The van der Waals surface area contributed by atoms with E-state index >= 15 is 0 Å². The van der Waals surface area contributed by atoms with E-state index in [1.807, 2.05) is 25.3 Å². The van der Waals surface area contributed by atoms with Crippen molar-refractivity contribution in [1.82, 2.24) is 9.78 Å². The van der Waals surface area contributed by atoms with Crippen LogP contribution in [0.1, 0.15) is 55.6 Å². The Kier molecular flexibility index (Phi) is 5.11. The SMILES string of the molecule is Cc1cnn(CCC(=O)Oc2ccc(C3CCCCC3)cc2)c1. The smallest absolute Gasteiger partial charge is 0.313 e. The molecule has 3 rings (SSSR count). The largest absolute Gasteiger partial charge is 0.426 e. The minimum Gasteiger partial charge on any atom is -0.426 e. The maximum absolute atomic E-state index is 11.9. The lowest BCUT2D eigenvalue weighted by molar-refractivity contribution is -0.134. The molecule has 4 heteroatoms. The van der Waals surface area contributed by atoms with Crippen molar-refractivity contribution in [3.63, 3.8) is 0 Å². The molecule has 0 atom stereocenters. The number of benzene rings is 1. The third-order valence-electron chi connectivity index (χ3n) is 4.50. The Balaban J connectivity index is 1.50. The van der Waals surface area contributed by atoms with Crippen LogP contribution < -0.4 is 4.74 Å². The lowest BCUT2D eigenvalue weighted by atomic mass is 9.84. The van der Waals surface area contributed by atoms with E-state index in [-0.39, 0.29) is 5.97 Å². The fraction of sp³-hybridized carbons (Fsp3) is 0.474. The van der Waals surface area contributed by atoms with Crippen molar-refractivity contribution in [3.8, 4) is 5.75 Å². The molecule has 0 saturated heterocycles. The molecular weight excluding hydrogens is 288 g/mol. The zero-order chi connectivity index (χ0) is 16.1. The molecule has 23 heavy (non-hydrogen) atoms. The van der Waals surface area contributed by atoms with Crippen molar-refractivity contribution < 1.29 is 9.53 Å². The minimum absolute atomic E-state index is 0.219. The molecule has 4 nitrogen and oxygen atoms in total. The van der Waals surface area contributed by atoms with Crippen LogP contribution in [-0.2, 0) is 11.3 Å². The highest BCUT2D eigenvalue weighted by Gasteiger charge is 2.15. The number of carbonyl (C=O) groups is 1.